The highest BCUT2D eigenvalue weighted by atomic mass is 16.2. The molecule has 1 aliphatic carbocycles. The van der Waals surface area contributed by atoms with Gasteiger partial charge in [0.05, 0.1) is 5.92 Å². The van der Waals surface area contributed by atoms with E-state index in [9.17, 15) is 4.79 Å². The largest absolute Gasteiger partial charge is 0.369 e. The van der Waals surface area contributed by atoms with Crippen LogP contribution in [0.2, 0.25) is 0 Å². The second-order valence-electron chi connectivity index (χ2n) is 5.43. The molecule has 2 heterocycles. The predicted octanol–water partition coefficient (Wildman–Crippen LogP) is 1.29. The smallest absolute Gasteiger partial charge is 0.234 e. The Morgan fingerprint density at radius 2 is 2.17 bits per heavy atom. The van der Waals surface area contributed by atoms with Crippen molar-refractivity contribution in [1.82, 2.24) is 15.3 Å². The van der Waals surface area contributed by atoms with Crippen LogP contribution in [0.1, 0.15) is 35.6 Å². The summed E-state index contributed by atoms with van der Waals surface area (Å²) in [6.07, 6.45) is 7.70. The molecular weight excluding hydrogens is 292 g/mol. The number of carbonyl (C=O) groups excluding carboxylic acids is 1. The number of aryl methyl sites for hydroxylation is 1. The van der Waals surface area contributed by atoms with E-state index in [1.165, 1.54) is 0 Å². The number of pyridine rings is 1. The van der Waals surface area contributed by atoms with Crippen molar-refractivity contribution in [3.8, 4) is 0 Å². The Kier molecular flexibility index (Phi) is 4.18. The van der Waals surface area contributed by atoms with Crippen molar-refractivity contribution < 1.29 is 4.79 Å². The molecule has 1 aliphatic rings. The summed E-state index contributed by atoms with van der Waals surface area (Å²) in [5, 5.41) is 10.5. The number of aromatic nitrogens is 2. The minimum atomic E-state index is -0.228. The first kappa shape index (κ1) is 15.0. The van der Waals surface area contributed by atoms with Crippen molar-refractivity contribution in [2.45, 2.75) is 25.2 Å². The van der Waals surface area contributed by atoms with Gasteiger partial charge >= 0.3 is 0 Å². The van der Waals surface area contributed by atoms with Crippen LogP contribution >= 0.6 is 0 Å². The molecule has 0 spiro atoms. The van der Waals surface area contributed by atoms with Gasteiger partial charge in [-0.05, 0) is 43.0 Å². The fourth-order valence-electron chi connectivity index (χ4n) is 2.81. The van der Waals surface area contributed by atoms with E-state index in [-0.39, 0.29) is 23.6 Å². The van der Waals surface area contributed by atoms with Crippen LogP contribution in [0.5, 0.6) is 0 Å². The number of aromatic amines is 1. The fraction of sp³-hybridized carbons (Fsp3) is 0.250. The zero-order valence-electron chi connectivity index (χ0n) is 12.5. The first-order chi connectivity index (χ1) is 11.1. The van der Waals surface area contributed by atoms with Crippen LogP contribution in [0.3, 0.4) is 0 Å². The average molecular weight is 310 g/mol. The number of guanidine groups is 1. The van der Waals surface area contributed by atoms with Crippen LogP contribution in [-0.2, 0) is 11.2 Å². The van der Waals surface area contributed by atoms with Crippen LogP contribution in [0.4, 0.5) is 0 Å². The summed E-state index contributed by atoms with van der Waals surface area (Å²) in [6.45, 7) is 0. The van der Waals surface area contributed by atoms with Crippen molar-refractivity contribution in [1.29, 1.82) is 5.41 Å². The molecule has 0 aliphatic heterocycles. The van der Waals surface area contributed by atoms with Crippen LogP contribution in [0.15, 0.2) is 41.8 Å². The lowest BCUT2D eigenvalue weighted by atomic mass is 9.86. The first-order valence-corrected chi connectivity index (χ1v) is 7.45. The van der Waals surface area contributed by atoms with Crippen molar-refractivity contribution in [2.75, 3.05) is 0 Å². The highest BCUT2D eigenvalue weighted by molar-refractivity contribution is 6.08. The molecule has 0 fully saturated rings. The third-order valence-electron chi connectivity index (χ3n) is 3.92. The van der Waals surface area contributed by atoms with Gasteiger partial charge in [0.2, 0.25) is 11.9 Å². The van der Waals surface area contributed by atoms with Gasteiger partial charge < -0.3 is 10.7 Å². The Bertz CT molecular complexity index is 749. The molecule has 118 valence electrons. The lowest BCUT2D eigenvalue weighted by molar-refractivity contribution is -0.121. The van der Waals surface area contributed by atoms with E-state index in [0.717, 1.165) is 30.5 Å². The summed E-state index contributed by atoms with van der Waals surface area (Å²) in [5.74, 6) is -0.501. The lowest BCUT2D eigenvalue weighted by Gasteiger charge is -2.21. The van der Waals surface area contributed by atoms with Gasteiger partial charge in [-0.2, -0.15) is 4.99 Å². The van der Waals surface area contributed by atoms with Gasteiger partial charge in [-0.1, -0.05) is 0 Å². The van der Waals surface area contributed by atoms with Gasteiger partial charge in [-0.25, -0.2) is 0 Å². The zero-order chi connectivity index (χ0) is 16.2. The van der Waals surface area contributed by atoms with Crippen LogP contribution in [0, 0.1) is 5.41 Å². The Balaban J connectivity index is 1.69. The van der Waals surface area contributed by atoms with E-state index < -0.39 is 0 Å². The van der Waals surface area contributed by atoms with Crippen molar-refractivity contribution in [3.63, 3.8) is 0 Å². The van der Waals surface area contributed by atoms with Crippen LogP contribution in [0.25, 0.3) is 0 Å². The standard InChI is InChI=1S/C16H18N6O/c17-14(10-4-7-19-8-5-10)21-16(18)22-15(23)12-2-1-3-13-11(12)6-9-20-13/h4-9,12,20H,1-3H2,(H4,17,18,21,22,23). The van der Waals surface area contributed by atoms with Gasteiger partial charge in [-0.3, -0.25) is 20.5 Å². The number of amidine groups is 1. The molecule has 7 heteroatoms. The second kappa shape index (κ2) is 6.43. The quantitative estimate of drug-likeness (QED) is 0.494. The fourth-order valence-corrected chi connectivity index (χ4v) is 2.81. The number of hydrogen-bond donors (Lipinski definition) is 4. The molecule has 2 aromatic rings. The van der Waals surface area contributed by atoms with E-state index in [0.29, 0.717) is 5.56 Å². The van der Waals surface area contributed by atoms with E-state index in [1.54, 1.807) is 24.5 Å². The van der Waals surface area contributed by atoms with Gasteiger partial charge in [0, 0.05) is 29.8 Å². The molecule has 3 rings (SSSR count). The normalized spacial score (nSPS) is 17.4. The number of nitrogens with zero attached hydrogens (tertiary/aromatic N) is 2. The van der Waals surface area contributed by atoms with Gasteiger partial charge in [0.25, 0.3) is 0 Å². The SMILES string of the molecule is N=C(/N=C(/N)NC(=O)C1CCCc2[nH]ccc21)c1ccncc1. The third kappa shape index (κ3) is 3.28. The van der Waals surface area contributed by atoms with Crippen molar-refractivity contribution in [3.05, 3.63) is 53.6 Å². The molecular formula is C16H18N6O. The third-order valence-corrected chi connectivity index (χ3v) is 3.92. The number of H-pyrrole nitrogens is 1. The highest BCUT2D eigenvalue weighted by Crippen LogP contribution is 2.30. The number of amides is 1. The lowest BCUT2D eigenvalue weighted by Crippen LogP contribution is -2.40. The molecule has 23 heavy (non-hydrogen) atoms. The minimum absolute atomic E-state index is 0.0174. The summed E-state index contributed by atoms with van der Waals surface area (Å²) in [7, 11) is 0. The van der Waals surface area contributed by atoms with Gasteiger partial charge in [0.15, 0.2) is 5.84 Å². The average Bonchev–Trinajstić information content (AvgIpc) is 3.03. The number of nitrogens with one attached hydrogen (secondary N) is 3. The molecule has 2 aromatic heterocycles. The summed E-state index contributed by atoms with van der Waals surface area (Å²) in [5.41, 5.74) is 8.48. The first-order valence-electron chi connectivity index (χ1n) is 7.45. The topological polar surface area (TPSA) is 120 Å². The number of rotatable bonds is 2. The molecule has 0 aromatic carbocycles. The Morgan fingerprint density at radius 1 is 1.39 bits per heavy atom. The Hall–Kier alpha value is -2.96. The number of fused-ring (bicyclic) bond motifs is 1. The van der Waals surface area contributed by atoms with E-state index in [1.807, 2.05) is 12.3 Å². The molecule has 1 unspecified atom stereocenters. The zero-order valence-corrected chi connectivity index (χ0v) is 12.5. The minimum Gasteiger partial charge on any atom is -0.369 e. The predicted molar refractivity (Wildman–Crippen MR) is 87.3 cm³/mol. The molecule has 1 atom stereocenters. The van der Waals surface area contributed by atoms with Gasteiger partial charge in [0.1, 0.15) is 0 Å². The summed E-state index contributed by atoms with van der Waals surface area (Å²) in [4.78, 5) is 23.4. The van der Waals surface area contributed by atoms with Crippen molar-refractivity contribution in [2.24, 2.45) is 10.7 Å². The number of nitrogens with two attached hydrogens (primary N) is 1. The number of aliphatic imine (C=N–C) groups is 1. The van der Waals surface area contributed by atoms with E-state index in [2.05, 4.69) is 20.3 Å². The van der Waals surface area contributed by atoms with Crippen LogP contribution < -0.4 is 11.1 Å². The molecule has 0 saturated carbocycles. The molecule has 1 amide bonds. The maximum absolute atomic E-state index is 12.4. The molecule has 0 saturated heterocycles. The van der Waals surface area contributed by atoms with E-state index in [4.69, 9.17) is 11.1 Å². The summed E-state index contributed by atoms with van der Waals surface area (Å²) >= 11 is 0. The highest BCUT2D eigenvalue weighted by Gasteiger charge is 2.27. The maximum Gasteiger partial charge on any atom is 0.234 e. The maximum atomic E-state index is 12.4. The molecule has 0 radical (unpaired) electrons. The summed E-state index contributed by atoms with van der Waals surface area (Å²) in [6, 6.07) is 5.26. The number of hydrogen-bond acceptors (Lipinski definition) is 3. The molecule has 0 bridgehead atoms. The van der Waals surface area contributed by atoms with Crippen molar-refractivity contribution >= 4 is 17.7 Å². The molecule has 7 nitrogen and oxygen atoms in total. The monoisotopic (exact) mass is 310 g/mol. The second-order valence-corrected chi connectivity index (χ2v) is 5.43. The van der Waals surface area contributed by atoms with E-state index >= 15 is 0 Å². The Morgan fingerprint density at radius 3 is 2.96 bits per heavy atom. The van der Waals surface area contributed by atoms with Crippen LogP contribution in [-0.4, -0.2) is 27.7 Å². The number of carbonyl (C=O) groups is 1. The van der Waals surface area contributed by atoms with Gasteiger partial charge in [-0.15, -0.1) is 0 Å². The Labute approximate surface area is 133 Å². The summed E-state index contributed by atoms with van der Waals surface area (Å²) < 4.78 is 0. The molecule has 5 N–H and O–H groups in total.